The smallest absolute Gasteiger partial charge is 0.332 e. The van der Waals surface area contributed by atoms with Gasteiger partial charge in [-0.3, -0.25) is 9.59 Å². The summed E-state index contributed by atoms with van der Waals surface area (Å²) in [5.74, 6) is -3.09. The molecule has 0 aliphatic carbocycles. The zero-order valence-electron chi connectivity index (χ0n) is 10.6. The number of carboxylic acid groups (broad SMARTS) is 2. The van der Waals surface area contributed by atoms with Gasteiger partial charge < -0.3 is 14.9 Å². The summed E-state index contributed by atoms with van der Waals surface area (Å²) >= 11 is 0. The quantitative estimate of drug-likeness (QED) is 0.506. The van der Waals surface area contributed by atoms with Crippen LogP contribution in [0.15, 0.2) is 11.1 Å². The summed E-state index contributed by atoms with van der Waals surface area (Å²) in [6.07, 6.45) is 1.14. The van der Waals surface area contributed by atoms with Gasteiger partial charge in [-0.1, -0.05) is 13.3 Å². The molecule has 102 valence electrons. The van der Waals surface area contributed by atoms with Gasteiger partial charge in [-0.25, -0.2) is 4.79 Å². The van der Waals surface area contributed by atoms with E-state index in [4.69, 9.17) is 10.2 Å². The Morgan fingerprint density at radius 1 is 1.11 bits per heavy atom. The van der Waals surface area contributed by atoms with E-state index in [1.165, 1.54) is 7.11 Å². The van der Waals surface area contributed by atoms with Gasteiger partial charge in [0.2, 0.25) is 0 Å². The van der Waals surface area contributed by atoms with Crippen LogP contribution in [0.4, 0.5) is 0 Å². The number of carbonyl (C=O) groups excluding carboxylic acids is 1. The molecule has 0 aliphatic heterocycles. The molecule has 0 atom stereocenters. The van der Waals surface area contributed by atoms with Crippen molar-refractivity contribution in [3.05, 3.63) is 11.1 Å². The molecular formula is C12H18O6. The third-order valence-corrected chi connectivity index (χ3v) is 2.43. The number of ether oxygens (including phenoxy) is 1. The minimum Gasteiger partial charge on any atom is -0.481 e. The predicted octanol–water partition coefficient (Wildman–Crippen LogP) is 1.60. The van der Waals surface area contributed by atoms with Crippen molar-refractivity contribution in [2.24, 2.45) is 0 Å². The number of aliphatic carboxylic acids is 2. The Balaban J connectivity index is 5.18. The number of carboxylic acids is 2. The van der Waals surface area contributed by atoms with Gasteiger partial charge in [0, 0.05) is 5.57 Å². The van der Waals surface area contributed by atoms with Gasteiger partial charge in [-0.05, 0) is 18.4 Å². The van der Waals surface area contributed by atoms with Crippen LogP contribution in [0.3, 0.4) is 0 Å². The van der Waals surface area contributed by atoms with Crippen LogP contribution in [0.5, 0.6) is 0 Å². The normalized spacial score (nSPS) is 11.7. The summed E-state index contributed by atoms with van der Waals surface area (Å²) in [4.78, 5) is 32.9. The van der Waals surface area contributed by atoms with Gasteiger partial charge >= 0.3 is 17.9 Å². The van der Waals surface area contributed by atoms with Crippen LogP contribution in [0.1, 0.15) is 39.0 Å². The molecule has 6 heteroatoms. The molecule has 0 amide bonds. The Morgan fingerprint density at radius 3 is 2.11 bits per heavy atom. The fraction of sp³-hybridized carbons (Fsp3) is 0.583. The van der Waals surface area contributed by atoms with Gasteiger partial charge in [0.05, 0.1) is 20.0 Å². The topological polar surface area (TPSA) is 101 Å². The Hall–Kier alpha value is -1.85. The van der Waals surface area contributed by atoms with E-state index < -0.39 is 24.3 Å². The number of carbonyl (C=O) groups is 3. The third kappa shape index (κ3) is 6.03. The largest absolute Gasteiger partial charge is 0.481 e. The second-order valence-corrected chi connectivity index (χ2v) is 3.81. The molecule has 0 aromatic heterocycles. The van der Waals surface area contributed by atoms with Crippen molar-refractivity contribution in [2.75, 3.05) is 7.11 Å². The molecule has 0 unspecified atom stereocenters. The van der Waals surface area contributed by atoms with Crippen molar-refractivity contribution in [1.82, 2.24) is 0 Å². The molecule has 0 aromatic rings. The third-order valence-electron chi connectivity index (χ3n) is 2.43. The molecule has 0 radical (unpaired) electrons. The van der Waals surface area contributed by atoms with Crippen molar-refractivity contribution in [2.45, 2.75) is 39.0 Å². The molecule has 0 rings (SSSR count). The molecule has 0 heterocycles. The van der Waals surface area contributed by atoms with E-state index in [1.807, 2.05) is 6.92 Å². The maximum Gasteiger partial charge on any atom is 0.332 e. The zero-order valence-corrected chi connectivity index (χ0v) is 10.6. The first kappa shape index (κ1) is 16.1. The Kier molecular flexibility index (Phi) is 7.42. The number of rotatable bonds is 8. The van der Waals surface area contributed by atoms with E-state index in [0.29, 0.717) is 18.4 Å². The fourth-order valence-corrected chi connectivity index (χ4v) is 1.49. The molecule has 0 aliphatic rings. The average molecular weight is 258 g/mol. The molecule has 18 heavy (non-hydrogen) atoms. The van der Waals surface area contributed by atoms with Crippen LogP contribution in [0, 0.1) is 0 Å². The molecule has 0 saturated carbocycles. The maximum absolute atomic E-state index is 11.2. The summed E-state index contributed by atoms with van der Waals surface area (Å²) in [5.41, 5.74) is 0.111. The van der Waals surface area contributed by atoms with Gasteiger partial charge in [0.15, 0.2) is 0 Å². The lowest BCUT2D eigenvalue weighted by atomic mass is 9.97. The summed E-state index contributed by atoms with van der Waals surface area (Å²) in [6, 6.07) is 0. The summed E-state index contributed by atoms with van der Waals surface area (Å²) in [6.45, 7) is 1.92. The van der Waals surface area contributed by atoms with Crippen LogP contribution >= 0.6 is 0 Å². The van der Waals surface area contributed by atoms with Crippen molar-refractivity contribution in [3.8, 4) is 0 Å². The van der Waals surface area contributed by atoms with Crippen molar-refractivity contribution < 1.29 is 29.3 Å². The molecule has 0 aromatic carbocycles. The SMILES string of the molecule is CCCCC(CC(=O)OC)=C(CC(=O)O)C(=O)O. The molecule has 0 bridgehead atoms. The highest BCUT2D eigenvalue weighted by Crippen LogP contribution is 2.20. The Labute approximate surface area is 105 Å². The predicted molar refractivity (Wildman–Crippen MR) is 63.1 cm³/mol. The van der Waals surface area contributed by atoms with Crippen LogP contribution in [0.2, 0.25) is 0 Å². The molecule has 2 N–H and O–H groups in total. The monoisotopic (exact) mass is 258 g/mol. The zero-order chi connectivity index (χ0) is 14.1. The van der Waals surface area contributed by atoms with Crippen molar-refractivity contribution in [1.29, 1.82) is 0 Å². The highest BCUT2D eigenvalue weighted by Gasteiger charge is 2.19. The van der Waals surface area contributed by atoms with Crippen LogP contribution in [0.25, 0.3) is 0 Å². The fourth-order valence-electron chi connectivity index (χ4n) is 1.49. The standard InChI is InChI=1S/C12H18O6/c1-3-4-5-8(6-11(15)18-2)9(12(16)17)7-10(13)14/h3-7H2,1-2H3,(H,13,14)(H,16,17). The number of esters is 1. The number of unbranched alkanes of at least 4 members (excludes halogenated alkanes) is 1. The van der Waals surface area contributed by atoms with E-state index in [0.717, 1.165) is 6.42 Å². The van der Waals surface area contributed by atoms with Crippen LogP contribution in [-0.2, 0) is 19.1 Å². The summed E-state index contributed by atoms with van der Waals surface area (Å²) in [5, 5.41) is 17.7. The molecule has 0 saturated heterocycles. The van der Waals surface area contributed by atoms with E-state index >= 15 is 0 Å². The second-order valence-electron chi connectivity index (χ2n) is 3.81. The summed E-state index contributed by atoms with van der Waals surface area (Å²) in [7, 11) is 1.21. The highest BCUT2D eigenvalue weighted by molar-refractivity contribution is 5.93. The lowest BCUT2D eigenvalue weighted by Crippen LogP contribution is -2.13. The van der Waals surface area contributed by atoms with Crippen molar-refractivity contribution in [3.63, 3.8) is 0 Å². The minimum atomic E-state index is -1.30. The average Bonchev–Trinajstić information content (AvgIpc) is 2.30. The Morgan fingerprint density at radius 2 is 1.72 bits per heavy atom. The van der Waals surface area contributed by atoms with E-state index in [9.17, 15) is 14.4 Å². The summed E-state index contributed by atoms with van der Waals surface area (Å²) < 4.78 is 4.48. The van der Waals surface area contributed by atoms with E-state index in [-0.39, 0.29) is 12.0 Å². The van der Waals surface area contributed by atoms with Crippen LogP contribution < -0.4 is 0 Å². The van der Waals surface area contributed by atoms with Gasteiger partial charge in [0.25, 0.3) is 0 Å². The maximum atomic E-state index is 11.2. The lowest BCUT2D eigenvalue weighted by molar-refractivity contribution is -0.141. The number of hydrogen-bond donors (Lipinski definition) is 2. The Bertz CT molecular complexity index is 356. The van der Waals surface area contributed by atoms with E-state index in [2.05, 4.69) is 4.74 Å². The lowest BCUT2D eigenvalue weighted by Gasteiger charge is -2.10. The van der Waals surface area contributed by atoms with Crippen LogP contribution in [-0.4, -0.2) is 35.2 Å². The molecular weight excluding hydrogens is 240 g/mol. The van der Waals surface area contributed by atoms with E-state index in [1.54, 1.807) is 0 Å². The van der Waals surface area contributed by atoms with Crippen molar-refractivity contribution >= 4 is 17.9 Å². The number of methoxy groups -OCH3 is 1. The van der Waals surface area contributed by atoms with Gasteiger partial charge in [-0.15, -0.1) is 0 Å². The van der Waals surface area contributed by atoms with Gasteiger partial charge in [-0.2, -0.15) is 0 Å². The first-order valence-electron chi connectivity index (χ1n) is 5.65. The molecule has 6 nitrogen and oxygen atoms in total. The first-order chi connectivity index (χ1) is 8.42. The number of hydrogen-bond acceptors (Lipinski definition) is 4. The molecule has 0 spiro atoms. The van der Waals surface area contributed by atoms with Gasteiger partial charge in [0.1, 0.15) is 0 Å². The second kappa shape index (κ2) is 8.27. The minimum absolute atomic E-state index is 0.175. The molecule has 0 fully saturated rings. The first-order valence-corrected chi connectivity index (χ1v) is 5.65. The highest BCUT2D eigenvalue weighted by atomic mass is 16.5.